The summed E-state index contributed by atoms with van der Waals surface area (Å²) in [7, 11) is 0. The second-order valence-corrected chi connectivity index (χ2v) is 9.82. The van der Waals surface area contributed by atoms with Crippen molar-refractivity contribution in [3.05, 3.63) is 64.1 Å². The third-order valence-electron chi connectivity index (χ3n) is 7.17. The topological polar surface area (TPSA) is 131 Å². The largest absolute Gasteiger partial charge is 0.481 e. The molecule has 194 valence electrons. The van der Waals surface area contributed by atoms with Crippen LogP contribution in [0.4, 0.5) is 11.4 Å². The number of carbonyl (C=O) groups is 2. The molecule has 2 N–H and O–H groups in total. The van der Waals surface area contributed by atoms with E-state index in [1.807, 2.05) is 12.1 Å². The highest BCUT2D eigenvalue weighted by molar-refractivity contribution is 5.92. The van der Waals surface area contributed by atoms with Gasteiger partial charge in [0.1, 0.15) is 11.3 Å². The normalized spacial score (nSPS) is 14.4. The number of carbonyl (C=O) groups excluding carboxylic acids is 1. The van der Waals surface area contributed by atoms with Crippen LogP contribution in [0.2, 0.25) is 0 Å². The summed E-state index contributed by atoms with van der Waals surface area (Å²) < 4.78 is 7.31. The molecule has 0 atom stereocenters. The molecule has 2 aliphatic heterocycles. The Morgan fingerprint density at radius 1 is 1.08 bits per heavy atom. The highest BCUT2D eigenvalue weighted by Gasteiger charge is 2.27. The zero-order valence-corrected chi connectivity index (χ0v) is 20.8. The van der Waals surface area contributed by atoms with Gasteiger partial charge in [-0.2, -0.15) is 0 Å². The molecule has 4 heterocycles. The summed E-state index contributed by atoms with van der Waals surface area (Å²) in [6.07, 6.45) is 6.08. The Morgan fingerprint density at radius 2 is 1.92 bits per heavy atom. The molecule has 10 nitrogen and oxygen atoms in total. The number of carboxylic acids is 1. The molecule has 0 bridgehead atoms. The van der Waals surface area contributed by atoms with Gasteiger partial charge in [0.05, 0.1) is 6.20 Å². The van der Waals surface area contributed by atoms with Gasteiger partial charge in [-0.25, -0.2) is 9.48 Å². The van der Waals surface area contributed by atoms with Crippen molar-refractivity contribution < 1.29 is 19.1 Å². The average molecular weight is 514 g/mol. The standard InChI is InChI=1S/C28H27N5O5/c34-24(9-2-10-25(35)36)29-20-7-1-5-17(14-20)22-16-33(31-30-22)23-15-19-13-18-6-3-11-32-12-4-8-21(26(18)32)27(19)38-28(23)37/h1,5,7,13-16H,2-4,6,8-12H2,(H,29,34)(H,35,36). The number of nitrogens with zero attached hydrogens (tertiary/aromatic N) is 4. The third-order valence-corrected chi connectivity index (χ3v) is 7.17. The van der Waals surface area contributed by atoms with Crippen LogP contribution in [-0.2, 0) is 22.4 Å². The van der Waals surface area contributed by atoms with Crippen LogP contribution in [0.1, 0.15) is 43.2 Å². The Kier molecular flexibility index (Phi) is 6.15. The summed E-state index contributed by atoms with van der Waals surface area (Å²) in [6, 6.07) is 11.1. The van der Waals surface area contributed by atoms with Gasteiger partial charge in [0.2, 0.25) is 5.91 Å². The molecule has 2 aromatic carbocycles. The van der Waals surface area contributed by atoms with Gasteiger partial charge in [-0.1, -0.05) is 17.3 Å². The average Bonchev–Trinajstić information content (AvgIpc) is 3.39. The molecule has 0 radical (unpaired) electrons. The van der Waals surface area contributed by atoms with Gasteiger partial charge >= 0.3 is 11.6 Å². The predicted molar refractivity (Wildman–Crippen MR) is 142 cm³/mol. The Balaban J connectivity index is 1.28. The lowest BCUT2D eigenvalue weighted by atomic mass is 9.90. The first-order chi connectivity index (χ1) is 18.5. The number of amides is 1. The summed E-state index contributed by atoms with van der Waals surface area (Å²) >= 11 is 0. The molecular weight excluding hydrogens is 486 g/mol. The van der Waals surface area contributed by atoms with Crippen molar-refractivity contribution >= 4 is 34.2 Å². The first-order valence-electron chi connectivity index (χ1n) is 12.9. The van der Waals surface area contributed by atoms with Crippen molar-refractivity contribution in [2.24, 2.45) is 0 Å². The van der Waals surface area contributed by atoms with Crippen LogP contribution in [0.25, 0.3) is 27.9 Å². The number of benzene rings is 2. The second kappa shape index (κ2) is 9.77. The van der Waals surface area contributed by atoms with E-state index in [0.29, 0.717) is 22.5 Å². The van der Waals surface area contributed by atoms with E-state index in [1.165, 1.54) is 15.9 Å². The maximum Gasteiger partial charge on any atom is 0.362 e. The molecule has 0 fully saturated rings. The summed E-state index contributed by atoms with van der Waals surface area (Å²) in [5, 5.41) is 20.8. The van der Waals surface area contributed by atoms with Gasteiger partial charge in [0.15, 0.2) is 5.69 Å². The molecule has 2 aromatic heterocycles. The van der Waals surface area contributed by atoms with E-state index in [2.05, 4.69) is 26.6 Å². The van der Waals surface area contributed by atoms with E-state index in [0.717, 1.165) is 49.7 Å². The zero-order valence-electron chi connectivity index (χ0n) is 20.8. The van der Waals surface area contributed by atoms with E-state index in [4.69, 9.17) is 9.52 Å². The van der Waals surface area contributed by atoms with E-state index in [-0.39, 0.29) is 30.9 Å². The fourth-order valence-corrected chi connectivity index (χ4v) is 5.49. The highest BCUT2D eigenvalue weighted by atomic mass is 16.4. The number of nitrogens with one attached hydrogen (secondary N) is 1. The molecule has 2 aliphatic rings. The number of anilines is 2. The Labute approximate surface area is 217 Å². The number of rotatable bonds is 7. The fourth-order valence-electron chi connectivity index (χ4n) is 5.49. The maximum absolute atomic E-state index is 13.1. The quantitative estimate of drug-likeness (QED) is 0.356. The van der Waals surface area contributed by atoms with Crippen molar-refractivity contribution in [3.8, 4) is 16.9 Å². The molecule has 38 heavy (non-hydrogen) atoms. The van der Waals surface area contributed by atoms with E-state index in [9.17, 15) is 14.4 Å². The van der Waals surface area contributed by atoms with Crippen LogP contribution in [-0.4, -0.2) is 45.1 Å². The molecule has 0 saturated carbocycles. The summed E-state index contributed by atoms with van der Waals surface area (Å²) in [4.78, 5) is 38.3. The SMILES string of the molecule is O=C(O)CCCC(=O)Nc1cccc(-c2cn(-c3cc4cc5c6c(c4oc3=O)CCCN6CCC5)nn2)c1. The van der Waals surface area contributed by atoms with Crippen LogP contribution < -0.4 is 15.8 Å². The first-order valence-corrected chi connectivity index (χ1v) is 12.9. The first kappa shape index (κ1) is 23.9. The van der Waals surface area contributed by atoms with Crippen LogP contribution in [0, 0.1) is 0 Å². The molecule has 0 aliphatic carbocycles. The molecule has 0 unspecified atom stereocenters. The van der Waals surface area contributed by atoms with Crippen LogP contribution in [0.5, 0.6) is 0 Å². The summed E-state index contributed by atoms with van der Waals surface area (Å²) in [5.41, 5.74) is 5.98. The van der Waals surface area contributed by atoms with Crippen molar-refractivity contribution in [1.82, 2.24) is 15.0 Å². The second-order valence-electron chi connectivity index (χ2n) is 9.82. The minimum Gasteiger partial charge on any atom is -0.481 e. The molecule has 4 aromatic rings. The molecule has 0 spiro atoms. The van der Waals surface area contributed by atoms with Crippen LogP contribution in [0.3, 0.4) is 0 Å². The molecule has 6 rings (SSSR count). The van der Waals surface area contributed by atoms with Gasteiger partial charge < -0.3 is 19.7 Å². The van der Waals surface area contributed by atoms with Crippen molar-refractivity contribution in [2.45, 2.75) is 44.9 Å². The van der Waals surface area contributed by atoms with Gasteiger partial charge in [0, 0.05) is 53.8 Å². The minimum atomic E-state index is -0.927. The highest BCUT2D eigenvalue weighted by Crippen LogP contribution is 2.39. The van der Waals surface area contributed by atoms with Crippen molar-refractivity contribution in [1.29, 1.82) is 0 Å². The number of hydrogen-bond donors (Lipinski definition) is 2. The number of aromatic nitrogens is 3. The van der Waals surface area contributed by atoms with Crippen LogP contribution >= 0.6 is 0 Å². The molecule has 0 saturated heterocycles. The van der Waals surface area contributed by atoms with Gasteiger partial charge in [-0.15, -0.1) is 5.10 Å². The lowest BCUT2D eigenvalue weighted by Crippen LogP contribution is -2.34. The molecular formula is C28H27N5O5. The number of fused-ring (bicyclic) bond motifs is 2. The maximum atomic E-state index is 13.1. The lowest BCUT2D eigenvalue weighted by molar-refractivity contribution is -0.137. The third kappa shape index (κ3) is 4.53. The number of carboxylic acid groups (broad SMARTS) is 1. The summed E-state index contributed by atoms with van der Waals surface area (Å²) in [5.74, 6) is -1.19. The van der Waals surface area contributed by atoms with Crippen LogP contribution in [0.15, 0.2) is 51.8 Å². The lowest BCUT2D eigenvalue weighted by Gasteiger charge is -2.37. The number of aliphatic carboxylic acids is 1. The monoisotopic (exact) mass is 513 g/mol. The Bertz CT molecular complexity index is 1620. The minimum absolute atomic E-state index is 0.0540. The predicted octanol–water partition coefficient (Wildman–Crippen LogP) is 3.93. The van der Waals surface area contributed by atoms with E-state index >= 15 is 0 Å². The van der Waals surface area contributed by atoms with E-state index < -0.39 is 11.6 Å². The van der Waals surface area contributed by atoms with Gasteiger partial charge in [0.25, 0.3) is 0 Å². The van der Waals surface area contributed by atoms with E-state index in [1.54, 1.807) is 24.4 Å². The van der Waals surface area contributed by atoms with Crippen molar-refractivity contribution in [3.63, 3.8) is 0 Å². The fraction of sp³-hybridized carbons (Fsp3) is 0.321. The molecule has 1 amide bonds. The smallest absolute Gasteiger partial charge is 0.362 e. The van der Waals surface area contributed by atoms with Gasteiger partial charge in [-0.05, 0) is 61.9 Å². The zero-order chi connectivity index (χ0) is 26.2. The number of aryl methyl sites for hydroxylation is 2. The summed E-state index contributed by atoms with van der Waals surface area (Å²) in [6.45, 7) is 2.09. The molecule has 10 heteroatoms. The Morgan fingerprint density at radius 3 is 2.76 bits per heavy atom. The Hall–Kier alpha value is -4.47. The number of hydrogen-bond acceptors (Lipinski definition) is 7. The van der Waals surface area contributed by atoms with Crippen molar-refractivity contribution in [2.75, 3.05) is 23.3 Å². The van der Waals surface area contributed by atoms with Gasteiger partial charge in [-0.3, -0.25) is 9.59 Å².